The Morgan fingerprint density at radius 1 is 0.490 bits per heavy atom. The van der Waals surface area contributed by atoms with Crippen LogP contribution in [0.2, 0.25) is 0 Å². The molecule has 0 radical (unpaired) electrons. The fourth-order valence-corrected chi connectivity index (χ4v) is 3.72. The van der Waals surface area contributed by atoms with Crippen molar-refractivity contribution in [3.63, 3.8) is 0 Å². The predicted molar refractivity (Wildman–Crippen MR) is 150 cm³/mol. The number of carbonyl (C=O) groups excluding carboxylic acids is 3. The Labute approximate surface area is 276 Å². The first kappa shape index (κ1) is 44.1. The number of hydrogen-bond acceptors (Lipinski definition) is 16. The van der Waals surface area contributed by atoms with E-state index in [9.17, 15) is 63.6 Å². The largest absolute Gasteiger partial charge is 0.481 e. The molecule has 0 fully saturated rings. The topological polar surface area (TPSA) is 362 Å². The zero-order chi connectivity index (χ0) is 38.3. The fraction of sp³-hybridized carbons (Fsp3) is 0.667. The van der Waals surface area contributed by atoms with E-state index in [2.05, 4.69) is 4.74 Å². The van der Waals surface area contributed by atoms with Gasteiger partial charge in [-0.2, -0.15) is 0 Å². The first-order chi connectivity index (χ1) is 22.4. The van der Waals surface area contributed by atoms with Gasteiger partial charge in [-0.25, -0.2) is 14.4 Å². The molecule has 0 spiro atoms. The van der Waals surface area contributed by atoms with Crippen LogP contribution in [0.15, 0.2) is 0 Å². The van der Waals surface area contributed by atoms with E-state index in [0.29, 0.717) is 0 Å². The van der Waals surface area contributed by atoms with Crippen LogP contribution in [0, 0.1) is 0 Å². The summed E-state index contributed by atoms with van der Waals surface area (Å²) in [5.41, 5.74) is -9.31. The van der Waals surface area contributed by atoms with E-state index in [1.807, 2.05) is 0 Å². The van der Waals surface area contributed by atoms with Crippen LogP contribution in [0.25, 0.3) is 0 Å². The second kappa shape index (κ2) is 19.2. The Kier molecular flexibility index (Phi) is 17.2. The standard InChI is InChI=1S/C27H38O22/c1-13(10-45-14(2)11-47-19(34)7-25(43,22(37)38)4-16(28)29)46-12-15(3)48-20(35)9-27(24(41)42,6-18(32)33)49-21(36)8-26(44,23(39)40)5-17(30)31/h13-15,43-44H,4-12H2,1-3H3,(H,28,29)(H,30,31)(H,32,33)(H,37,38)(H,39,40)(H,41,42). The van der Waals surface area contributed by atoms with Crippen molar-refractivity contribution in [1.82, 2.24) is 0 Å². The van der Waals surface area contributed by atoms with Crippen molar-refractivity contribution in [1.29, 1.82) is 0 Å². The lowest BCUT2D eigenvalue weighted by molar-refractivity contribution is -0.193. The molecule has 6 atom stereocenters. The van der Waals surface area contributed by atoms with Crippen LogP contribution in [-0.2, 0) is 66.8 Å². The third-order valence-electron chi connectivity index (χ3n) is 6.17. The van der Waals surface area contributed by atoms with Gasteiger partial charge in [0.1, 0.15) is 12.7 Å². The number of carbonyl (C=O) groups is 9. The van der Waals surface area contributed by atoms with Crippen LogP contribution >= 0.6 is 0 Å². The molecule has 278 valence electrons. The van der Waals surface area contributed by atoms with Crippen molar-refractivity contribution in [2.24, 2.45) is 0 Å². The van der Waals surface area contributed by atoms with E-state index in [1.165, 1.54) is 20.8 Å². The molecule has 0 heterocycles. The van der Waals surface area contributed by atoms with Gasteiger partial charge in [0.2, 0.25) is 5.60 Å². The molecule has 0 aromatic heterocycles. The molecule has 0 aliphatic carbocycles. The minimum absolute atomic E-state index is 0.154. The zero-order valence-electron chi connectivity index (χ0n) is 26.4. The summed E-state index contributed by atoms with van der Waals surface area (Å²) < 4.78 is 25.3. The van der Waals surface area contributed by atoms with Gasteiger partial charge in [0.25, 0.3) is 0 Å². The highest BCUT2D eigenvalue weighted by Gasteiger charge is 2.50. The molecule has 0 saturated carbocycles. The molecular weight excluding hydrogens is 676 g/mol. The van der Waals surface area contributed by atoms with Crippen LogP contribution in [0.1, 0.15) is 59.3 Å². The Morgan fingerprint density at radius 2 is 0.898 bits per heavy atom. The van der Waals surface area contributed by atoms with Gasteiger partial charge in [-0.3, -0.25) is 28.8 Å². The van der Waals surface area contributed by atoms with Gasteiger partial charge in [0, 0.05) is 0 Å². The summed E-state index contributed by atoms with van der Waals surface area (Å²) in [6.45, 7) is 3.29. The normalized spacial score (nSPS) is 16.6. The molecule has 0 aliphatic rings. The Bertz CT molecular complexity index is 1260. The van der Waals surface area contributed by atoms with Crippen LogP contribution in [0.3, 0.4) is 0 Å². The highest BCUT2D eigenvalue weighted by atomic mass is 16.6. The fourth-order valence-electron chi connectivity index (χ4n) is 3.72. The smallest absolute Gasteiger partial charge is 0.349 e. The van der Waals surface area contributed by atoms with Crippen LogP contribution in [0.5, 0.6) is 0 Å². The molecular formula is C27H38O22. The second-order valence-corrected chi connectivity index (χ2v) is 11.0. The molecule has 6 unspecified atom stereocenters. The monoisotopic (exact) mass is 714 g/mol. The summed E-state index contributed by atoms with van der Waals surface area (Å²) in [6, 6.07) is 0. The van der Waals surface area contributed by atoms with Gasteiger partial charge in [0.05, 0.1) is 63.9 Å². The highest BCUT2D eigenvalue weighted by Crippen LogP contribution is 2.27. The zero-order valence-corrected chi connectivity index (χ0v) is 26.4. The van der Waals surface area contributed by atoms with E-state index in [1.54, 1.807) is 0 Å². The molecule has 8 N–H and O–H groups in total. The number of hydrogen-bond donors (Lipinski definition) is 8. The van der Waals surface area contributed by atoms with Crippen molar-refractivity contribution in [3.05, 3.63) is 0 Å². The number of esters is 3. The van der Waals surface area contributed by atoms with Crippen molar-refractivity contribution in [2.45, 2.75) is 94.4 Å². The first-order valence-electron chi connectivity index (χ1n) is 14.0. The molecule has 0 bridgehead atoms. The molecule has 22 nitrogen and oxygen atoms in total. The lowest BCUT2D eigenvalue weighted by atomic mass is 9.93. The molecule has 0 saturated heterocycles. The average molecular weight is 715 g/mol. The third-order valence-corrected chi connectivity index (χ3v) is 6.17. The second-order valence-electron chi connectivity index (χ2n) is 11.0. The number of carboxylic acid groups (broad SMARTS) is 6. The maximum atomic E-state index is 12.5. The quantitative estimate of drug-likeness (QED) is 0.0369. The molecule has 0 aromatic rings. The number of aliphatic carboxylic acids is 6. The number of rotatable bonds is 25. The third kappa shape index (κ3) is 16.1. The van der Waals surface area contributed by atoms with E-state index < -0.39 is 134 Å². The molecule has 49 heavy (non-hydrogen) atoms. The lowest BCUT2D eigenvalue weighted by Crippen LogP contribution is -2.50. The Balaban J connectivity index is 5.12. The SMILES string of the molecule is CC(COC(=O)CC(O)(CC(=O)O)C(=O)O)OCC(C)OCC(C)OC(=O)CC(CC(=O)O)(OC(=O)CC(O)(CC(=O)O)C(=O)O)C(=O)O. The van der Waals surface area contributed by atoms with Gasteiger partial charge in [-0.1, -0.05) is 0 Å². The summed E-state index contributed by atoms with van der Waals surface area (Å²) in [6.07, 6.45) is -11.1. The minimum atomic E-state index is -3.26. The van der Waals surface area contributed by atoms with Crippen molar-refractivity contribution in [2.75, 3.05) is 19.8 Å². The number of ether oxygens (including phenoxy) is 5. The Hall–Kier alpha value is -4.93. The predicted octanol–water partition coefficient (Wildman–Crippen LogP) is -2.14. The lowest BCUT2D eigenvalue weighted by Gasteiger charge is -2.29. The van der Waals surface area contributed by atoms with E-state index in [4.69, 9.17) is 39.4 Å². The van der Waals surface area contributed by atoms with Gasteiger partial charge in [0.15, 0.2) is 11.2 Å². The van der Waals surface area contributed by atoms with E-state index in [0.717, 1.165) is 0 Å². The van der Waals surface area contributed by atoms with Crippen LogP contribution < -0.4 is 0 Å². The highest BCUT2D eigenvalue weighted by molar-refractivity contribution is 5.93. The summed E-state index contributed by atoms with van der Waals surface area (Å²) in [7, 11) is 0. The maximum absolute atomic E-state index is 12.5. The summed E-state index contributed by atoms with van der Waals surface area (Å²) in [5, 5.41) is 74.4. The molecule has 22 heteroatoms. The number of carboxylic acids is 6. The average Bonchev–Trinajstić information content (AvgIpc) is 2.91. The first-order valence-corrected chi connectivity index (χ1v) is 14.0. The van der Waals surface area contributed by atoms with Gasteiger partial charge < -0.3 is 64.5 Å². The van der Waals surface area contributed by atoms with Crippen LogP contribution in [-0.4, -0.2) is 150 Å². The molecule has 0 amide bonds. The van der Waals surface area contributed by atoms with E-state index >= 15 is 0 Å². The van der Waals surface area contributed by atoms with Gasteiger partial charge in [-0.05, 0) is 20.8 Å². The molecule has 0 aromatic carbocycles. The van der Waals surface area contributed by atoms with E-state index in [-0.39, 0.29) is 13.2 Å². The maximum Gasteiger partial charge on any atom is 0.349 e. The van der Waals surface area contributed by atoms with Crippen LogP contribution in [0.4, 0.5) is 0 Å². The summed E-state index contributed by atoms with van der Waals surface area (Å²) in [4.78, 5) is 104. The minimum Gasteiger partial charge on any atom is -0.481 e. The van der Waals surface area contributed by atoms with Gasteiger partial charge >= 0.3 is 53.7 Å². The molecule has 0 aliphatic heterocycles. The Morgan fingerprint density at radius 3 is 1.31 bits per heavy atom. The number of aliphatic hydroxyl groups is 2. The van der Waals surface area contributed by atoms with Crippen molar-refractivity contribution < 1.29 is 108 Å². The van der Waals surface area contributed by atoms with Gasteiger partial charge in [-0.15, -0.1) is 0 Å². The summed E-state index contributed by atoms with van der Waals surface area (Å²) in [5.74, 6) is -16.2. The van der Waals surface area contributed by atoms with Crippen molar-refractivity contribution in [3.8, 4) is 0 Å². The van der Waals surface area contributed by atoms with Crippen molar-refractivity contribution >= 4 is 53.7 Å². The molecule has 0 rings (SSSR count). The summed E-state index contributed by atoms with van der Waals surface area (Å²) >= 11 is 0.